The van der Waals surface area contributed by atoms with Crippen molar-refractivity contribution in [2.45, 2.75) is 26.2 Å². The van der Waals surface area contributed by atoms with Crippen molar-refractivity contribution in [1.29, 1.82) is 0 Å². The molecule has 0 aliphatic carbocycles. The van der Waals surface area contributed by atoms with Gasteiger partial charge in [-0.1, -0.05) is 0 Å². The summed E-state index contributed by atoms with van der Waals surface area (Å²) in [6, 6.07) is 3.52. The van der Waals surface area contributed by atoms with E-state index in [0.717, 1.165) is 38.4 Å². The van der Waals surface area contributed by atoms with Crippen molar-refractivity contribution in [3.05, 3.63) is 21.9 Å². The van der Waals surface area contributed by atoms with Crippen LogP contribution in [0.15, 0.2) is 12.1 Å². The highest BCUT2D eigenvalue weighted by Crippen LogP contribution is 2.24. The zero-order chi connectivity index (χ0) is 14.5. The summed E-state index contributed by atoms with van der Waals surface area (Å²) < 4.78 is 0. The van der Waals surface area contributed by atoms with Gasteiger partial charge in [0.15, 0.2) is 5.78 Å². The molecule has 2 heterocycles. The Kier molecular flexibility index (Phi) is 7.35. The zero-order valence-electron chi connectivity index (χ0n) is 12.6. The Morgan fingerprint density at radius 3 is 2.43 bits per heavy atom. The van der Waals surface area contributed by atoms with Gasteiger partial charge in [0.25, 0.3) is 5.91 Å². The van der Waals surface area contributed by atoms with E-state index in [-0.39, 0.29) is 24.1 Å². The van der Waals surface area contributed by atoms with Gasteiger partial charge in [-0.3, -0.25) is 9.59 Å². The third kappa shape index (κ3) is 4.80. The van der Waals surface area contributed by atoms with E-state index in [0.29, 0.717) is 9.75 Å². The maximum atomic E-state index is 12.4. The van der Waals surface area contributed by atoms with Gasteiger partial charge in [-0.15, -0.1) is 23.7 Å². The van der Waals surface area contributed by atoms with Crippen LogP contribution in [0.2, 0.25) is 0 Å². The molecule has 0 bridgehead atoms. The van der Waals surface area contributed by atoms with Crippen molar-refractivity contribution < 1.29 is 9.59 Å². The number of ketones is 1. The summed E-state index contributed by atoms with van der Waals surface area (Å²) >= 11 is 1.31. The number of rotatable bonds is 5. The Labute approximate surface area is 136 Å². The highest BCUT2D eigenvalue weighted by Gasteiger charge is 2.24. The molecule has 1 amide bonds. The summed E-state index contributed by atoms with van der Waals surface area (Å²) in [7, 11) is 1.97. The number of Topliss-reactive ketones (excluding diaryl/α,β-unsaturated/α-hetero) is 1. The molecule has 1 aromatic rings. The van der Waals surface area contributed by atoms with Gasteiger partial charge in [-0.05, 0) is 57.8 Å². The lowest BCUT2D eigenvalue weighted by Crippen LogP contribution is -2.38. The van der Waals surface area contributed by atoms with E-state index in [1.165, 1.54) is 24.7 Å². The van der Waals surface area contributed by atoms with Crippen molar-refractivity contribution in [3.8, 4) is 0 Å². The number of halogens is 1. The molecule has 118 valence electrons. The van der Waals surface area contributed by atoms with E-state index in [1.807, 2.05) is 11.9 Å². The lowest BCUT2D eigenvalue weighted by Gasteiger charge is -2.31. The fourth-order valence-corrected chi connectivity index (χ4v) is 3.44. The van der Waals surface area contributed by atoms with Crippen LogP contribution in [0.5, 0.6) is 0 Å². The predicted octanol–water partition coefficient (Wildman–Crippen LogP) is 2.83. The van der Waals surface area contributed by atoms with Gasteiger partial charge in [0, 0.05) is 13.1 Å². The third-order valence-electron chi connectivity index (χ3n) is 3.87. The average molecular weight is 331 g/mol. The minimum absolute atomic E-state index is 0. The van der Waals surface area contributed by atoms with Gasteiger partial charge in [-0.25, -0.2) is 0 Å². The molecule has 2 rings (SSSR count). The van der Waals surface area contributed by atoms with E-state index < -0.39 is 0 Å². The molecular weight excluding hydrogens is 308 g/mol. The van der Waals surface area contributed by atoms with Crippen molar-refractivity contribution in [2.24, 2.45) is 5.92 Å². The summed E-state index contributed by atoms with van der Waals surface area (Å²) in [4.78, 5) is 26.9. The topological polar surface area (TPSA) is 49.4 Å². The first-order valence-electron chi connectivity index (χ1n) is 7.16. The van der Waals surface area contributed by atoms with Gasteiger partial charge >= 0.3 is 0 Å². The number of carbonyl (C=O) groups is 2. The number of thiophene rings is 1. The first kappa shape index (κ1) is 18.1. The summed E-state index contributed by atoms with van der Waals surface area (Å²) in [6.07, 6.45) is 3.35. The SMILES string of the molecule is CNCCC1CCN(C(=O)c2ccc(C(C)=O)s2)CC1.Cl. The van der Waals surface area contributed by atoms with E-state index in [9.17, 15) is 9.59 Å². The summed E-state index contributed by atoms with van der Waals surface area (Å²) in [5.41, 5.74) is 0. The smallest absolute Gasteiger partial charge is 0.263 e. The fraction of sp³-hybridized carbons (Fsp3) is 0.600. The second kappa shape index (κ2) is 8.51. The maximum Gasteiger partial charge on any atom is 0.263 e. The monoisotopic (exact) mass is 330 g/mol. The summed E-state index contributed by atoms with van der Waals surface area (Å²) in [5, 5.41) is 3.18. The fourth-order valence-electron chi connectivity index (χ4n) is 2.57. The van der Waals surface area contributed by atoms with E-state index >= 15 is 0 Å². The second-order valence-electron chi connectivity index (χ2n) is 5.35. The minimum atomic E-state index is 0. The lowest BCUT2D eigenvalue weighted by molar-refractivity contribution is 0.0692. The Morgan fingerprint density at radius 2 is 1.90 bits per heavy atom. The van der Waals surface area contributed by atoms with E-state index in [2.05, 4.69) is 5.32 Å². The van der Waals surface area contributed by atoms with Gasteiger partial charge < -0.3 is 10.2 Å². The highest BCUT2D eigenvalue weighted by molar-refractivity contribution is 7.15. The average Bonchev–Trinajstić information content (AvgIpc) is 2.95. The molecule has 1 saturated heterocycles. The number of hydrogen-bond acceptors (Lipinski definition) is 4. The van der Waals surface area contributed by atoms with Crippen LogP contribution in [-0.4, -0.2) is 43.3 Å². The minimum Gasteiger partial charge on any atom is -0.338 e. The lowest BCUT2D eigenvalue weighted by atomic mass is 9.93. The summed E-state index contributed by atoms with van der Waals surface area (Å²) in [5.74, 6) is 0.831. The quantitative estimate of drug-likeness (QED) is 0.845. The van der Waals surface area contributed by atoms with Crippen LogP contribution < -0.4 is 5.32 Å². The molecule has 0 saturated carbocycles. The number of nitrogens with one attached hydrogen (secondary N) is 1. The molecule has 21 heavy (non-hydrogen) atoms. The van der Waals surface area contributed by atoms with Crippen LogP contribution >= 0.6 is 23.7 Å². The van der Waals surface area contributed by atoms with Crippen LogP contribution in [0.4, 0.5) is 0 Å². The number of amides is 1. The number of likely N-dealkylation sites (tertiary alicyclic amines) is 1. The normalized spacial score (nSPS) is 15.6. The maximum absolute atomic E-state index is 12.4. The standard InChI is InChI=1S/C15H22N2O2S.ClH/c1-11(18)13-3-4-14(20-13)15(19)17-9-6-12(7-10-17)5-8-16-2;/h3-4,12,16H,5-10H2,1-2H3;1H. The zero-order valence-corrected chi connectivity index (χ0v) is 14.2. The molecular formula is C15H23ClN2O2S. The van der Waals surface area contributed by atoms with E-state index in [1.54, 1.807) is 12.1 Å². The first-order valence-corrected chi connectivity index (χ1v) is 7.98. The van der Waals surface area contributed by atoms with Gasteiger partial charge in [0.05, 0.1) is 9.75 Å². The molecule has 1 N–H and O–H groups in total. The Morgan fingerprint density at radius 1 is 1.29 bits per heavy atom. The van der Waals surface area contributed by atoms with Crippen LogP contribution in [0.25, 0.3) is 0 Å². The largest absolute Gasteiger partial charge is 0.338 e. The molecule has 4 nitrogen and oxygen atoms in total. The number of nitrogens with zero attached hydrogens (tertiary/aromatic N) is 1. The molecule has 0 aromatic carbocycles. The van der Waals surface area contributed by atoms with Crippen molar-refractivity contribution in [2.75, 3.05) is 26.7 Å². The highest BCUT2D eigenvalue weighted by atomic mass is 35.5. The second-order valence-corrected chi connectivity index (χ2v) is 6.43. The number of piperidine rings is 1. The van der Waals surface area contributed by atoms with Crippen LogP contribution in [0, 0.1) is 5.92 Å². The molecule has 1 fully saturated rings. The van der Waals surface area contributed by atoms with Crippen LogP contribution in [0.3, 0.4) is 0 Å². The molecule has 0 radical (unpaired) electrons. The predicted molar refractivity (Wildman–Crippen MR) is 88.7 cm³/mol. The number of hydrogen-bond donors (Lipinski definition) is 1. The van der Waals surface area contributed by atoms with Gasteiger partial charge in [-0.2, -0.15) is 0 Å². The Balaban J connectivity index is 0.00000220. The van der Waals surface area contributed by atoms with E-state index in [4.69, 9.17) is 0 Å². The Hall–Kier alpha value is -0.910. The van der Waals surface area contributed by atoms with Gasteiger partial charge in [0.2, 0.25) is 0 Å². The molecule has 0 spiro atoms. The van der Waals surface area contributed by atoms with Crippen LogP contribution in [-0.2, 0) is 0 Å². The third-order valence-corrected chi connectivity index (χ3v) is 5.04. The van der Waals surface area contributed by atoms with Gasteiger partial charge in [0.1, 0.15) is 0 Å². The molecule has 1 aliphatic heterocycles. The van der Waals surface area contributed by atoms with Crippen molar-refractivity contribution in [3.63, 3.8) is 0 Å². The molecule has 1 aromatic heterocycles. The molecule has 6 heteroatoms. The van der Waals surface area contributed by atoms with Crippen LogP contribution in [0.1, 0.15) is 45.5 Å². The first-order chi connectivity index (χ1) is 9.61. The number of carbonyl (C=O) groups excluding carboxylic acids is 2. The van der Waals surface area contributed by atoms with Crippen molar-refractivity contribution in [1.82, 2.24) is 10.2 Å². The molecule has 0 unspecified atom stereocenters. The van der Waals surface area contributed by atoms with Crippen molar-refractivity contribution >= 4 is 35.4 Å². The molecule has 0 atom stereocenters. The summed E-state index contributed by atoms with van der Waals surface area (Å²) in [6.45, 7) is 4.25. The Bertz CT molecular complexity index is 482. The molecule has 1 aliphatic rings.